The quantitative estimate of drug-likeness (QED) is 0.517. The summed E-state index contributed by atoms with van der Waals surface area (Å²) in [6, 6.07) is 0. The van der Waals surface area contributed by atoms with Gasteiger partial charge in [0.25, 0.3) is 0 Å². The third kappa shape index (κ3) is 3.13. The van der Waals surface area contributed by atoms with E-state index >= 15 is 0 Å². The maximum Gasteiger partial charge on any atom is 0.311 e. The first-order valence-electron chi connectivity index (χ1n) is 10.5. The maximum atomic E-state index is 12.5. The topological polar surface area (TPSA) is 35.5 Å². The van der Waals surface area contributed by atoms with Crippen molar-refractivity contribution >= 4 is 5.97 Å². The van der Waals surface area contributed by atoms with Gasteiger partial charge in [-0.3, -0.25) is 4.79 Å². The van der Waals surface area contributed by atoms with Gasteiger partial charge in [0.05, 0.1) is 12.0 Å². The highest BCUT2D eigenvalue weighted by atomic mass is 16.7. The molecule has 24 heavy (non-hydrogen) atoms. The van der Waals surface area contributed by atoms with Crippen LogP contribution >= 0.6 is 0 Å². The Morgan fingerprint density at radius 1 is 0.875 bits per heavy atom. The van der Waals surface area contributed by atoms with E-state index in [1.54, 1.807) is 0 Å². The lowest BCUT2D eigenvalue weighted by molar-refractivity contribution is -0.190. The maximum absolute atomic E-state index is 12.5. The van der Waals surface area contributed by atoms with Gasteiger partial charge in [-0.1, -0.05) is 26.7 Å². The van der Waals surface area contributed by atoms with Gasteiger partial charge >= 0.3 is 5.97 Å². The van der Waals surface area contributed by atoms with Crippen molar-refractivity contribution < 1.29 is 14.3 Å². The fraction of sp³-hybridized carbons (Fsp3) is 0.952. The second kappa shape index (κ2) is 6.97. The van der Waals surface area contributed by atoms with Crippen molar-refractivity contribution in [2.24, 2.45) is 41.4 Å². The van der Waals surface area contributed by atoms with Crippen molar-refractivity contribution in [3.05, 3.63) is 0 Å². The molecule has 0 aromatic carbocycles. The molecule has 0 amide bonds. The molecule has 0 aromatic heterocycles. The van der Waals surface area contributed by atoms with Gasteiger partial charge in [-0.05, 0) is 80.5 Å². The van der Waals surface area contributed by atoms with Gasteiger partial charge < -0.3 is 9.47 Å². The molecule has 3 heteroatoms. The van der Waals surface area contributed by atoms with Gasteiger partial charge in [-0.2, -0.15) is 0 Å². The van der Waals surface area contributed by atoms with Crippen molar-refractivity contribution in [1.29, 1.82) is 0 Å². The van der Waals surface area contributed by atoms with E-state index in [0.717, 1.165) is 36.5 Å². The molecule has 0 aliphatic heterocycles. The zero-order chi connectivity index (χ0) is 16.7. The van der Waals surface area contributed by atoms with Crippen LogP contribution in [0.4, 0.5) is 0 Å². The molecule has 5 rings (SSSR count). The van der Waals surface area contributed by atoms with Crippen LogP contribution in [0.15, 0.2) is 0 Å². The molecular formula is C21H34O3. The van der Waals surface area contributed by atoms with E-state index < -0.39 is 0 Å². The predicted octanol–water partition coefficient (Wildman–Crippen LogP) is 4.79. The van der Waals surface area contributed by atoms with Crippen molar-refractivity contribution in [1.82, 2.24) is 0 Å². The zero-order valence-electron chi connectivity index (χ0n) is 15.4. The molecule has 0 aromatic rings. The molecule has 0 heterocycles. The molecule has 3 nitrogen and oxygen atoms in total. The first-order chi connectivity index (χ1) is 11.7. The lowest BCUT2D eigenvalue weighted by Gasteiger charge is -2.53. The van der Waals surface area contributed by atoms with Crippen LogP contribution in [0.3, 0.4) is 0 Å². The lowest BCUT2D eigenvalue weighted by Crippen LogP contribution is -2.49. The minimum absolute atomic E-state index is 0.00150. The summed E-state index contributed by atoms with van der Waals surface area (Å²) in [6.07, 6.45) is 11.7. The number of carbonyl (C=O) groups is 1. The predicted molar refractivity (Wildman–Crippen MR) is 93.2 cm³/mol. The van der Waals surface area contributed by atoms with E-state index in [1.807, 2.05) is 0 Å². The van der Waals surface area contributed by atoms with E-state index in [1.165, 1.54) is 44.9 Å². The zero-order valence-corrected chi connectivity index (χ0v) is 15.4. The molecule has 5 saturated carbocycles. The van der Waals surface area contributed by atoms with Crippen molar-refractivity contribution in [2.75, 3.05) is 6.79 Å². The van der Waals surface area contributed by atoms with Gasteiger partial charge in [0.1, 0.15) is 0 Å². The summed E-state index contributed by atoms with van der Waals surface area (Å²) in [4.78, 5) is 12.5. The van der Waals surface area contributed by atoms with Gasteiger partial charge in [0, 0.05) is 0 Å². The van der Waals surface area contributed by atoms with Crippen LogP contribution < -0.4 is 0 Å². The first-order valence-corrected chi connectivity index (χ1v) is 10.5. The molecule has 5 aliphatic carbocycles. The van der Waals surface area contributed by atoms with Crippen LogP contribution in [0.25, 0.3) is 0 Å². The highest BCUT2D eigenvalue weighted by molar-refractivity contribution is 5.73. The Hall–Kier alpha value is -0.570. The summed E-state index contributed by atoms with van der Waals surface area (Å²) in [7, 11) is 0. The van der Waals surface area contributed by atoms with Crippen molar-refractivity contribution in [3.8, 4) is 0 Å². The molecule has 0 radical (unpaired) electrons. The number of hydrogen-bond donors (Lipinski definition) is 0. The fourth-order valence-electron chi connectivity index (χ4n) is 6.74. The summed E-state index contributed by atoms with van der Waals surface area (Å²) in [5.41, 5.74) is 0. The van der Waals surface area contributed by atoms with Gasteiger partial charge in [0.15, 0.2) is 6.79 Å². The Morgan fingerprint density at radius 2 is 1.54 bits per heavy atom. The largest absolute Gasteiger partial charge is 0.438 e. The molecular weight excluding hydrogens is 300 g/mol. The normalized spacial score (nSPS) is 46.4. The Morgan fingerprint density at radius 3 is 2.12 bits per heavy atom. The van der Waals surface area contributed by atoms with E-state index in [4.69, 9.17) is 9.47 Å². The third-order valence-corrected chi connectivity index (χ3v) is 7.80. The first kappa shape index (κ1) is 16.9. The average Bonchev–Trinajstić information content (AvgIpc) is 3.00. The number of ether oxygens (including phenoxy) is 2. The molecule has 0 N–H and O–H groups in total. The minimum atomic E-state index is 0.00150. The summed E-state index contributed by atoms with van der Waals surface area (Å²) < 4.78 is 11.7. The minimum Gasteiger partial charge on any atom is -0.438 e. The van der Waals surface area contributed by atoms with Crippen LogP contribution in [-0.4, -0.2) is 18.9 Å². The number of carbonyl (C=O) groups excluding carboxylic acids is 1. The SMILES string of the molecule is CCC1CC(CC)C(C(=O)OCOC2C3CC4CC(C3)CC2C4)C1. The second-order valence-corrected chi connectivity index (χ2v) is 9.16. The van der Waals surface area contributed by atoms with Crippen LogP contribution in [0.5, 0.6) is 0 Å². The Kier molecular flexibility index (Phi) is 4.90. The standard InChI is InChI=1S/C21H34O3/c1-3-13-6-16(4-2)19(11-13)21(22)24-12-23-20-17-7-14-5-15(9-17)10-18(20)8-14/h13-20H,3-12H2,1-2H3. The molecule has 5 fully saturated rings. The molecule has 0 spiro atoms. The summed E-state index contributed by atoms with van der Waals surface area (Å²) in [5, 5.41) is 0. The summed E-state index contributed by atoms with van der Waals surface area (Å²) in [6.45, 7) is 4.63. The Labute approximate surface area is 146 Å². The highest BCUT2D eigenvalue weighted by Crippen LogP contribution is 2.54. The van der Waals surface area contributed by atoms with Gasteiger partial charge in [-0.25, -0.2) is 0 Å². The van der Waals surface area contributed by atoms with Crippen LogP contribution in [0, 0.1) is 41.4 Å². The van der Waals surface area contributed by atoms with Gasteiger partial charge in [-0.15, -0.1) is 0 Å². The molecule has 136 valence electrons. The lowest BCUT2D eigenvalue weighted by atomic mass is 9.55. The Bertz CT molecular complexity index is 432. The van der Waals surface area contributed by atoms with E-state index in [-0.39, 0.29) is 18.7 Å². The molecule has 0 saturated heterocycles. The van der Waals surface area contributed by atoms with E-state index in [2.05, 4.69) is 13.8 Å². The Balaban J connectivity index is 1.26. The number of esters is 1. The average molecular weight is 335 g/mol. The number of rotatable bonds is 6. The molecule has 5 aliphatic rings. The third-order valence-electron chi connectivity index (χ3n) is 7.80. The van der Waals surface area contributed by atoms with Crippen molar-refractivity contribution in [2.45, 2.75) is 77.7 Å². The monoisotopic (exact) mass is 334 g/mol. The molecule has 3 unspecified atom stereocenters. The molecule has 4 bridgehead atoms. The summed E-state index contributed by atoms with van der Waals surface area (Å²) in [5.74, 6) is 4.73. The van der Waals surface area contributed by atoms with Crippen LogP contribution in [0.1, 0.15) is 71.6 Å². The highest BCUT2D eigenvalue weighted by Gasteiger charge is 2.49. The number of hydrogen-bond acceptors (Lipinski definition) is 3. The summed E-state index contributed by atoms with van der Waals surface area (Å²) >= 11 is 0. The van der Waals surface area contributed by atoms with E-state index in [0.29, 0.717) is 17.9 Å². The van der Waals surface area contributed by atoms with Crippen LogP contribution in [-0.2, 0) is 14.3 Å². The second-order valence-electron chi connectivity index (χ2n) is 9.16. The smallest absolute Gasteiger partial charge is 0.311 e. The van der Waals surface area contributed by atoms with E-state index in [9.17, 15) is 4.79 Å². The van der Waals surface area contributed by atoms with Crippen molar-refractivity contribution in [3.63, 3.8) is 0 Å². The van der Waals surface area contributed by atoms with Gasteiger partial charge in [0.2, 0.25) is 0 Å². The fourth-order valence-corrected chi connectivity index (χ4v) is 6.74. The molecule has 3 atom stereocenters. The van der Waals surface area contributed by atoms with Crippen LogP contribution in [0.2, 0.25) is 0 Å².